The lowest BCUT2D eigenvalue weighted by molar-refractivity contribution is -0.112. The molecule has 1 atom stereocenters. The maximum absolute atomic E-state index is 12.0. The molecule has 0 unspecified atom stereocenters. The molecule has 0 fully saturated rings. The van der Waals surface area contributed by atoms with Crippen molar-refractivity contribution >= 4 is 5.78 Å². The van der Waals surface area contributed by atoms with Crippen LogP contribution in [-0.2, 0) is 4.79 Å². The van der Waals surface area contributed by atoms with E-state index in [1.54, 1.807) is 0 Å². The van der Waals surface area contributed by atoms with Crippen LogP contribution in [0.1, 0.15) is 47.5 Å². The lowest BCUT2D eigenvalue weighted by Gasteiger charge is -2.32. The Morgan fingerprint density at radius 2 is 2.13 bits per heavy atom. The minimum Gasteiger partial charge on any atom is -0.289 e. The Morgan fingerprint density at radius 3 is 2.60 bits per heavy atom. The van der Waals surface area contributed by atoms with Gasteiger partial charge >= 0.3 is 0 Å². The SMILES string of the molecule is CC=C(C)C(=O)C1=C[C@@H](C)CC(C)(C)C1. The van der Waals surface area contributed by atoms with Gasteiger partial charge in [-0.1, -0.05) is 32.9 Å². The van der Waals surface area contributed by atoms with Crippen LogP contribution in [0.2, 0.25) is 0 Å². The number of allylic oxidation sites excluding steroid dienone is 4. The smallest absolute Gasteiger partial charge is 0.184 e. The van der Waals surface area contributed by atoms with E-state index in [0.29, 0.717) is 5.92 Å². The summed E-state index contributed by atoms with van der Waals surface area (Å²) in [6, 6.07) is 0. The van der Waals surface area contributed by atoms with Crippen LogP contribution in [0.15, 0.2) is 23.3 Å². The highest BCUT2D eigenvalue weighted by molar-refractivity contribution is 6.07. The van der Waals surface area contributed by atoms with E-state index in [2.05, 4.69) is 26.8 Å². The Kier molecular flexibility index (Phi) is 3.54. The Bertz CT molecular complexity index is 318. The van der Waals surface area contributed by atoms with E-state index in [4.69, 9.17) is 0 Å². The van der Waals surface area contributed by atoms with Crippen molar-refractivity contribution in [3.8, 4) is 0 Å². The highest BCUT2D eigenvalue weighted by Gasteiger charge is 2.29. The molecule has 1 aliphatic rings. The lowest BCUT2D eigenvalue weighted by atomic mass is 9.72. The van der Waals surface area contributed by atoms with Gasteiger partial charge in [0, 0.05) is 0 Å². The lowest BCUT2D eigenvalue weighted by Crippen LogP contribution is -2.24. The van der Waals surface area contributed by atoms with Crippen molar-refractivity contribution < 1.29 is 4.79 Å². The third kappa shape index (κ3) is 3.05. The maximum Gasteiger partial charge on any atom is 0.184 e. The van der Waals surface area contributed by atoms with Crippen molar-refractivity contribution in [2.24, 2.45) is 11.3 Å². The summed E-state index contributed by atoms with van der Waals surface area (Å²) in [5.74, 6) is 0.759. The van der Waals surface area contributed by atoms with Gasteiger partial charge in [0.1, 0.15) is 0 Å². The molecule has 0 saturated carbocycles. The highest BCUT2D eigenvalue weighted by atomic mass is 16.1. The van der Waals surface area contributed by atoms with Gasteiger partial charge in [-0.25, -0.2) is 0 Å². The third-order valence-corrected chi connectivity index (χ3v) is 3.11. The Labute approximate surface area is 93.3 Å². The Morgan fingerprint density at radius 1 is 1.53 bits per heavy atom. The molecule has 0 amide bonds. The average Bonchev–Trinajstić information content (AvgIpc) is 2.12. The van der Waals surface area contributed by atoms with Crippen molar-refractivity contribution in [1.82, 2.24) is 0 Å². The molecule has 1 heteroatoms. The molecule has 0 saturated heterocycles. The maximum atomic E-state index is 12.0. The van der Waals surface area contributed by atoms with Crippen LogP contribution in [0.4, 0.5) is 0 Å². The first kappa shape index (κ1) is 12.2. The first-order chi connectivity index (χ1) is 6.85. The zero-order valence-electron chi connectivity index (χ0n) is 10.6. The number of rotatable bonds is 2. The predicted octanol–water partition coefficient (Wildman–Crippen LogP) is 3.90. The number of hydrogen-bond donors (Lipinski definition) is 0. The van der Waals surface area contributed by atoms with E-state index in [-0.39, 0.29) is 11.2 Å². The van der Waals surface area contributed by atoms with Gasteiger partial charge in [0.05, 0.1) is 0 Å². The summed E-state index contributed by atoms with van der Waals surface area (Å²) in [4.78, 5) is 12.0. The monoisotopic (exact) mass is 206 g/mol. The van der Waals surface area contributed by atoms with Crippen molar-refractivity contribution in [2.45, 2.75) is 47.5 Å². The standard InChI is InChI=1S/C14H22O/c1-6-11(3)13(15)12-7-10(2)8-14(4,5)9-12/h6-7,10H,8-9H2,1-5H3/t10-/m1/s1. The molecule has 0 aromatic carbocycles. The predicted molar refractivity (Wildman–Crippen MR) is 64.7 cm³/mol. The molecule has 1 nitrogen and oxygen atoms in total. The molecular formula is C14H22O. The zero-order valence-corrected chi connectivity index (χ0v) is 10.6. The molecule has 0 radical (unpaired) electrons. The van der Waals surface area contributed by atoms with Gasteiger partial charge in [0.2, 0.25) is 0 Å². The summed E-state index contributed by atoms with van der Waals surface area (Å²) in [6.07, 6.45) is 6.15. The van der Waals surface area contributed by atoms with E-state index < -0.39 is 0 Å². The first-order valence-corrected chi connectivity index (χ1v) is 5.74. The van der Waals surface area contributed by atoms with E-state index in [1.807, 2.05) is 19.9 Å². The van der Waals surface area contributed by atoms with Crippen molar-refractivity contribution in [1.29, 1.82) is 0 Å². The van der Waals surface area contributed by atoms with Crippen LogP contribution >= 0.6 is 0 Å². The fraction of sp³-hybridized carbons (Fsp3) is 0.643. The van der Waals surface area contributed by atoms with E-state index in [1.165, 1.54) is 6.42 Å². The number of ketones is 1. The van der Waals surface area contributed by atoms with E-state index in [9.17, 15) is 4.79 Å². The second kappa shape index (κ2) is 4.34. The average molecular weight is 206 g/mol. The second-order valence-electron chi connectivity index (χ2n) is 5.52. The van der Waals surface area contributed by atoms with E-state index in [0.717, 1.165) is 17.6 Å². The van der Waals surface area contributed by atoms with Crippen LogP contribution in [0, 0.1) is 11.3 Å². The number of Topliss-reactive ketones (excluding diaryl/α,β-unsaturated/α-hetero) is 1. The molecule has 1 rings (SSSR count). The first-order valence-electron chi connectivity index (χ1n) is 5.74. The van der Waals surface area contributed by atoms with Gasteiger partial charge in [-0.05, 0) is 49.2 Å². The van der Waals surface area contributed by atoms with Gasteiger partial charge in [-0.2, -0.15) is 0 Å². The van der Waals surface area contributed by atoms with Crippen LogP contribution in [0.3, 0.4) is 0 Å². The fourth-order valence-electron chi connectivity index (χ4n) is 2.46. The second-order valence-corrected chi connectivity index (χ2v) is 5.52. The Balaban J connectivity index is 2.92. The minimum atomic E-state index is 0.233. The molecule has 0 N–H and O–H groups in total. The van der Waals surface area contributed by atoms with Gasteiger partial charge in [0.15, 0.2) is 5.78 Å². The van der Waals surface area contributed by atoms with Gasteiger partial charge < -0.3 is 0 Å². The number of carbonyl (C=O) groups is 1. The van der Waals surface area contributed by atoms with Crippen molar-refractivity contribution in [3.05, 3.63) is 23.3 Å². The molecule has 0 bridgehead atoms. The molecule has 84 valence electrons. The summed E-state index contributed by atoms with van der Waals surface area (Å²) in [5.41, 5.74) is 2.15. The molecule has 15 heavy (non-hydrogen) atoms. The largest absolute Gasteiger partial charge is 0.289 e. The highest BCUT2D eigenvalue weighted by Crippen LogP contribution is 2.38. The quantitative estimate of drug-likeness (QED) is 0.626. The van der Waals surface area contributed by atoms with Crippen molar-refractivity contribution in [2.75, 3.05) is 0 Å². The zero-order chi connectivity index (χ0) is 11.6. The van der Waals surface area contributed by atoms with Gasteiger partial charge in [-0.15, -0.1) is 0 Å². The number of hydrogen-bond acceptors (Lipinski definition) is 1. The minimum absolute atomic E-state index is 0.233. The van der Waals surface area contributed by atoms with Crippen LogP contribution in [0.5, 0.6) is 0 Å². The molecule has 0 spiro atoms. The summed E-state index contributed by atoms with van der Waals surface area (Å²) in [5, 5.41) is 0. The molecule has 1 aliphatic carbocycles. The fourth-order valence-corrected chi connectivity index (χ4v) is 2.46. The summed E-state index contributed by atoms with van der Waals surface area (Å²) < 4.78 is 0. The topological polar surface area (TPSA) is 17.1 Å². The number of carbonyl (C=O) groups excluding carboxylic acids is 1. The van der Waals surface area contributed by atoms with E-state index >= 15 is 0 Å². The molecular weight excluding hydrogens is 184 g/mol. The summed E-state index contributed by atoms with van der Waals surface area (Å²) in [6.45, 7) is 10.5. The van der Waals surface area contributed by atoms with Crippen LogP contribution < -0.4 is 0 Å². The summed E-state index contributed by atoms with van der Waals surface area (Å²) in [7, 11) is 0. The normalized spacial score (nSPS) is 26.1. The molecule has 0 aromatic rings. The third-order valence-electron chi connectivity index (χ3n) is 3.11. The van der Waals surface area contributed by atoms with Gasteiger partial charge in [0.25, 0.3) is 0 Å². The molecule has 0 aliphatic heterocycles. The summed E-state index contributed by atoms with van der Waals surface area (Å²) >= 11 is 0. The van der Waals surface area contributed by atoms with Crippen molar-refractivity contribution in [3.63, 3.8) is 0 Å². The van der Waals surface area contributed by atoms with Crippen LogP contribution in [-0.4, -0.2) is 5.78 Å². The molecule has 0 heterocycles. The van der Waals surface area contributed by atoms with Crippen LogP contribution in [0.25, 0.3) is 0 Å². The Hall–Kier alpha value is -0.850. The molecule has 0 aromatic heterocycles. The van der Waals surface area contributed by atoms with Gasteiger partial charge in [-0.3, -0.25) is 4.79 Å².